The van der Waals surface area contributed by atoms with Gasteiger partial charge in [-0.2, -0.15) is 0 Å². The van der Waals surface area contributed by atoms with Gasteiger partial charge in [-0.1, -0.05) is 13.8 Å². The number of amides is 3. The first-order chi connectivity index (χ1) is 9.86. The van der Waals surface area contributed by atoms with Crippen LogP contribution in [-0.2, 0) is 9.53 Å². The van der Waals surface area contributed by atoms with E-state index in [2.05, 4.69) is 4.98 Å². The van der Waals surface area contributed by atoms with E-state index in [9.17, 15) is 14.4 Å². The number of urea groups is 1. The lowest BCUT2D eigenvalue weighted by atomic mass is 10.1. The largest absolute Gasteiger partial charge is 0.448 e. The van der Waals surface area contributed by atoms with Crippen LogP contribution >= 0.6 is 11.8 Å². The summed E-state index contributed by atoms with van der Waals surface area (Å²) in [5.74, 6) is -1.74. The van der Waals surface area contributed by atoms with Crippen molar-refractivity contribution in [2.24, 2.45) is 11.7 Å². The number of nitrogens with two attached hydrogens (primary N) is 1. The van der Waals surface area contributed by atoms with Crippen LogP contribution in [0.3, 0.4) is 0 Å². The molecule has 0 radical (unpaired) electrons. The predicted molar refractivity (Wildman–Crippen MR) is 77.8 cm³/mol. The first-order valence-electron chi connectivity index (χ1n) is 6.17. The van der Waals surface area contributed by atoms with Crippen molar-refractivity contribution < 1.29 is 19.1 Å². The molecule has 0 saturated heterocycles. The van der Waals surface area contributed by atoms with Crippen molar-refractivity contribution in [1.82, 2.24) is 10.3 Å². The number of imide groups is 1. The van der Waals surface area contributed by atoms with Crippen LogP contribution in [-0.4, -0.2) is 35.3 Å². The standard InChI is InChI=1S/C13H17N3O4S/c1-7(2)9(10(17)16-13(14)19)20-12(18)8-5-4-6-15-11(8)21-3/h4-7,9H,1-3H3,(H3,14,16,17,19). The smallest absolute Gasteiger partial charge is 0.341 e. The second-order valence-corrected chi connectivity index (χ2v) is 5.28. The predicted octanol–water partition coefficient (Wildman–Crippen LogP) is 1.18. The molecular formula is C13H17N3O4S. The number of pyridine rings is 1. The van der Waals surface area contributed by atoms with Gasteiger partial charge in [-0.05, 0) is 24.3 Å². The molecule has 1 atom stereocenters. The first-order valence-corrected chi connectivity index (χ1v) is 7.39. The maximum absolute atomic E-state index is 12.2. The third kappa shape index (κ3) is 4.75. The second-order valence-electron chi connectivity index (χ2n) is 4.48. The summed E-state index contributed by atoms with van der Waals surface area (Å²) < 4.78 is 5.19. The fraction of sp³-hybridized carbons (Fsp3) is 0.385. The summed E-state index contributed by atoms with van der Waals surface area (Å²) >= 11 is 1.29. The monoisotopic (exact) mass is 311 g/mol. The van der Waals surface area contributed by atoms with Gasteiger partial charge in [-0.25, -0.2) is 14.6 Å². The van der Waals surface area contributed by atoms with E-state index < -0.39 is 24.0 Å². The van der Waals surface area contributed by atoms with Crippen LogP contribution in [0.1, 0.15) is 24.2 Å². The number of rotatable bonds is 5. The van der Waals surface area contributed by atoms with Crippen molar-refractivity contribution in [3.63, 3.8) is 0 Å². The molecule has 7 nitrogen and oxygen atoms in total. The van der Waals surface area contributed by atoms with E-state index in [-0.39, 0.29) is 11.5 Å². The number of nitrogens with one attached hydrogen (secondary N) is 1. The van der Waals surface area contributed by atoms with Gasteiger partial charge in [-0.3, -0.25) is 10.1 Å². The molecular weight excluding hydrogens is 294 g/mol. The van der Waals surface area contributed by atoms with Gasteiger partial charge in [0.2, 0.25) is 0 Å². The van der Waals surface area contributed by atoms with Crippen molar-refractivity contribution >= 4 is 29.7 Å². The number of ether oxygens (including phenoxy) is 1. The lowest BCUT2D eigenvalue weighted by Gasteiger charge is -2.20. The van der Waals surface area contributed by atoms with E-state index in [1.807, 2.05) is 5.32 Å². The summed E-state index contributed by atoms with van der Waals surface area (Å²) in [6.07, 6.45) is 2.22. The highest BCUT2D eigenvalue weighted by atomic mass is 32.2. The Bertz CT molecular complexity index is 548. The fourth-order valence-electron chi connectivity index (χ4n) is 1.57. The maximum Gasteiger partial charge on any atom is 0.341 e. The van der Waals surface area contributed by atoms with E-state index in [1.165, 1.54) is 11.8 Å². The van der Waals surface area contributed by atoms with Crippen molar-refractivity contribution in [2.45, 2.75) is 25.0 Å². The zero-order chi connectivity index (χ0) is 16.0. The summed E-state index contributed by atoms with van der Waals surface area (Å²) in [7, 11) is 0. The van der Waals surface area contributed by atoms with Crippen molar-refractivity contribution in [1.29, 1.82) is 0 Å². The number of esters is 1. The average molecular weight is 311 g/mol. The number of hydrogen-bond acceptors (Lipinski definition) is 6. The van der Waals surface area contributed by atoms with Gasteiger partial charge in [0.15, 0.2) is 6.10 Å². The molecule has 0 saturated carbocycles. The molecule has 3 N–H and O–H groups in total. The van der Waals surface area contributed by atoms with Gasteiger partial charge in [0.25, 0.3) is 5.91 Å². The van der Waals surface area contributed by atoms with Gasteiger partial charge in [0.1, 0.15) is 5.03 Å². The Balaban J connectivity index is 2.91. The minimum Gasteiger partial charge on any atom is -0.448 e. The Kier molecular flexibility index (Phi) is 6.16. The lowest BCUT2D eigenvalue weighted by Crippen LogP contribution is -2.45. The molecule has 1 unspecified atom stereocenters. The molecule has 114 valence electrons. The fourth-order valence-corrected chi connectivity index (χ4v) is 2.11. The van der Waals surface area contributed by atoms with Crippen LogP contribution in [0.4, 0.5) is 4.79 Å². The number of aromatic nitrogens is 1. The lowest BCUT2D eigenvalue weighted by molar-refractivity contribution is -0.130. The highest BCUT2D eigenvalue weighted by Gasteiger charge is 2.28. The topological polar surface area (TPSA) is 111 Å². The van der Waals surface area contributed by atoms with E-state index in [1.54, 1.807) is 38.4 Å². The molecule has 0 aliphatic carbocycles. The van der Waals surface area contributed by atoms with Crippen molar-refractivity contribution in [3.8, 4) is 0 Å². The van der Waals surface area contributed by atoms with Crippen LogP contribution in [0, 0.1) is 5.92 Å². The molecule has 8 heteroatoms. The number of carbonyl (C=O) groups is 3. The molecule has 21 heavy (non-hydrogen) atoms. The highest BCUT2D eigenvalue weighted by molar-refractivity contribution is 7.98. The SMILES string of the molecule is CSc1ncccc1C(=O)OC(C(=O)NC(N)=O)C(C)C. The van der Waals surface area contributed by atoms with Crippen LogP contribution in [0.5, 0.6) is 0 Å². The summed E-state index contributed by atoms with van der Waals surface area (Å²) in [5.41, 5.74) is 5.16. The van der Waals surface area contributed by atoms with E-state index in [0.717, 1.165) is 0 Å². The van der Waals surface area contributed by atoms with E-state index in [4.69, 9.17) is 10.5 Å². The Hall–Kier alpha value is -2.09. The van der Waals surface area contributed by atoms with Crippen molar-refractivity contribution in [2.75, 3.05) is 6.26 Å². The molecule has 0 fully saturated rings. The van der Waals surface area contributed by atoms with E-state index >= 15 is 0 Å². The van der Waals surface area contributed by atoms with E-state index in [0.29, 0.717) is 5.03 Å². The molecule has 0 aliphatic heterocycles. The molecule has 0 aromatic carbocycles. The Labute approximate surface area is 126 Å². The summed E-state index contributed by atoms with van der Waals surface area (Å²) in [6, 6.07) is 2.17. The normalized spacial score (nSPS) is 11.8. The number of carbonyl (C=O) groups excluding carboxylic acids is 3. The van der Waals surface area contributed by atoms with Crippen LogP contribution in [0.25, 0.3) is 0 Å². The summed E-state index contributed by atoms with van der Waals surface area (Å²) in [5, 5.41) is 2.41. The van der Waals surface area contributed by atoms with Gasteiger partial charge in [-0.15, -0.1) is 11.8 Å². The summed E-state index contributed by atoms with van der Waals surface area (Å²) in [6.45, 7) is 3.38. The molecule has 1 aromatic heterocycles. The number of thioether (sulfide) groups is 1. The Morgan fingerprint density at radius 3 is 2.57 bits per heavy atom. The van der Waals surface area contributed by atoms with Gasteiger partial charge >= 0.3 is 12.0 Å². The van der Waals surface area contributed by atoms with Crippen LogP contribution in [0.15, 0.2) is 23.4 Å². The molecule has 0 aliphatic rings. The molecule has 0 bridgehead atoms. The Morgan fingerprint density at radius 2 is 2.05 bits per heavy atom. The quantitative estimate of drug-likeness (QED) is 0.624. The molecule has 1 heterocycles. The number of nitrogens with zero attached hydrogens (tertiary/aromatic N) is 1. The highest BCUT2D eigenvalue weighted by Crippen LogP contribution is 2.19. The Morgan fingerprint density at radius 1 is 1.38 bits per heavy atom. The minimum absolute atomic E-state index is 0.266. The minimum atomic E-state index is -1.11. The third-order valence-electron chi connectivity index (χ3n) is 2.53. The zero-order valence-electron chi connectivity index (χ0n) is 12.0. The average Bonchev–Trinajstić information content (AvgIpc) is 2.43. The zero-order valence-corrected chi connectivity index (χ0v) is 12.8. The van der Waals surface area contributed by atoms with Gasteiger partial charge in [0, 0.05) is 6.20 Å². The third-order valence-corrected chi connectivity index (χ3v) is 3.24. The van der Waals surface area contributed by atoms with Gasteiger partial charge < -0.3 is 10.5 Å². The number of hydrogen-bond donors (Lipinski definition) is 2. The first kappa shape index (κ1) is 17.0. The molecule has 3 amide bonds. The molecule has 0 spiro atoms. The van der Waals surface area contributed by atoms with Gasteiger partial charge in [0.05, 0.1) is 5.56 Å². The van der Waals surface area contributed by atoms with Crippen LogP contribution < -0.4 is 11.1 Å². The second kappa shape index (κ2) is 7.63. The maximum atomic E-state index is 12.2. The number of primary amides is 1. The molecule has 1 aromatic rings. The van der Waals surface area contributed by atoms with Crippen LogP contribution in [0.2, 0.25) is 0 Å². The van der Waals surface area contributed by atoms with Crippen molar-refractivity contribution in [3.05, 3.63) is 23.9 Å². The summed E-state index contributed by atoms with van der Waals surface area (Å²) in [4.78, 5) is 38.7. The molecule has 1 rings (SSSR count).